The molecule has 0 aliphatic carbocycles. The summed E-state index contributed by atoms with van der Waals surface area (Å²) in [4.78, 5) is 9.63. The van der Waals surface area contributed by atoms with Gasteiger partial charge in [0, 0.05) is 45.1 Å². The molecule has 2 heterocycles. The van der Waals surface area contributed by atoms with Gasteiger partial charge in [-0.05, 0) is 34.0 Å². The molecule has 0 aliphatic rings. The molecule has 0 amide bonds. The number of aromatic nitrogens is 2. The lowest BCUT2D eigenvalue weighted by molar-refractivity contribution is 1.41. The van der Waals surface area contributed by atoms with Crippen molar-refractivity contribution in [3.05, 3.63) is 122 Å². The third-order valence-corrected chi connectivity index (χ3v) is 6.70. The predicted octanol–water partition coefficient (Wildman–Crippen LogP) is 8.42. The van der Waals surface area contributed by atoms with E-state index in [2.05, 4.69) is 109 Å². The highest BCUT2D eigenvalue weighted by Crippen LogP contribution is 2.31. The first kappa shape index (κ1) is 19.0. The fraction of sp³-hybridized carbons (Fsp3) is 0. The van der Waals surface area contributed by atoms with Gasteiger partial charge < -0.3 is 0 Å². The van der Waals surface area contributed by atoms with Crippen LogP contribution in [0.15, 0.2) is 122 Å². The Morgan fingerprint density at radius 1 is 0.353 bits per heavy atom. The van der Waals surface area contributed by atoms with E-state index in [9.17, 15) is 0 Å². The number of hydrogen-bond acceptors (Lipinski definition) is 2. The van der Waals surface area contributed by atoms with E-state index in [-0.39, 0.29) is 0 Å². The minimum atomic E-state index is 1.05. The van der Waals surface area contributed by atoms with Gasteiger partial charge in [-0.25, -0.2) is 0 Å². The molecule has 0 aliphatic heterocycles. The Balaban J connectivity index is 1.26. The molecule has 0 N–H and O–H groups in total. The number of nitrogens with zero attached hydrogens (tertiary/aromatic N) is 2. The van der Waals surface area contributed by atoms with Gasteiger partial charge in [0.05, 0.1) is 11.0 Å². The van der Waals surface area contributed by atoms with Gasteiger partial charge in [0.25, 0.3) is 0 Å². The molecule has 0 saturated heterocycles. The minimum Gasteiger partial charge on any atom is -0.255 e. The van der Waals surface area contributed by atoms with Crippen molar-refractivity contribution in [2.75, 3.05) is 0 Å². The average molecular weight is 433 g/mol. The molecule has 2 heteroatoms. The number of pyridine rings is 2. The van der Waals surface area contributed by atoms with Crippen LogP contribution in [-0.4, -0.2) is 9.97 Å². The predicted molar refractivity (Wildman–Crippen MR) is 143 cm³/mol. The van der Waals surface area contributed by atoms with Gasteiger partial charge in [-0.1, -0.05) is 97.1 Å². The van der Waals surface area contributed by atoms with Crippen molar-refractivity contribution in [3.8, 4) is 22.3 Å². The van der Waals surface area contributed by atoms with Gasteiger partial charge in [-0.15, -0.1) is 0 Å². The monoisotopic (exact) mass is 432 g/mol. The molecule has 158 valence electrons. The smallest absolute Gasteiger partial charge is 0.0780 e. The first-order valence-electron chi connectivity index (χ1n) is 11.5. The molecule has 0 spiro atoms. The van der Waals surface area contributed by atoms with Gasteiger partial charge in [0.1, 0.15) is 0 Å². The van der Waals surface area contributed by atoms with Crippen LogP contribution in [0.1, 0.15) is 0 Å². The van der Waals surface area contributed by atoms with Crippen LogP contribution < -0.4 is 0 Å². The zero-order valence-corrected chi connectivity index (χ0v) is 18.4. The van der Waals surface area contributed by atoms with E-state index in [1.54, 1.807) is 0 Å². The molecule has 0 atom stereocenters. The Hall–Kier alpha value is -4.56. The third-order valence-electron chi connectivity index (χ3n) is 6.70. The topological polar surface area (TPSA) is 25.8 Å². The van der Waals surface area contributed by atoms with Crippen LogP contribution in [0.3, 0.4) is 0 Å². The molecule has 0 bridgehead atoms. The highest BCUT2D eigenvalue weighted by molar-refractivity contribution is 6.07. The van der Waals surface area contributed by atoms with Gasteiger partial charge in [-0.3, -0.25) is 9.97 Å². The number of hydrogen-bond donors (Lipinski definition) is 0. The second-order valence-corrected chi connectivity index (χ2v) is 8.74. The minimum absolute atomic E-state index is 1.05. The van der Waals surface area contributed by atoms with Crippen molar-refractivity contribution in [1.82, 2.24) is 9.97 Å². The highest BCUT2D eigenvalue weighted by atomic mass is 14.7. The van der Waals surface area contributed by atoms with E-state index in [0.717, 1.165) is 44.1 Å². The average Bonchev–Trinajstić information content (AvgIpc) is 2.92. The summed E-state index contributed by atoms with van der Waals surface area (Å²) in [6.45, 7) is 0. The Bertz CT molecular complexity index is 1710. The zero-order valence-electron chi connectivity index (χ0n) is 18.4. The summed E-state index contributed by atoms with van der Waals surface area (Å²) in [5.74, 6) is 0. The molecule has 7 rings (SSSR count). The molecule has 34 heavy (non-hydrogen) atoms. The van der Waals surface area contributed by atoms with Crippen LogP contribution in [0, 0.1) is 0 Å². The van der Waals surface area contributed by atoms with Crippen molar-refractivity contribution in [2.24, 2.45) is 0 Å². The molecular formula is C32H20N2. The third kappa shape index (κ3) is 3.04. The molecule has 0 saturated carbocycles. The molecule has 7 aromatic rings. The van der Waals surface area contributed by atoms with Crippen molar-refractivity contribution >= 4 is 43.4 Å². The number of benzene rings is 5. The second kappa shape index (κ2) is 7.50. The van der Waals surface area contributed by atoms with E-state index in [0.29, 0.717) is 0 Å². The standard InChI is InChI=1S/C32H20N2/c1-3-7-29-23(5-1)13-15-25-17-27(19-33-31(25)29)21-9-11-22(12-10-21)28-18-26-16-14-24-6-2-4-8-30(24)32(26)34-20-28/h1-20H. The van der Waals surface area contributed by atoms with Gasteiger partial charge in [0.15, 0.2) is 0 Å². The van der Waals surface area contributed by atoms with Crippen molar-refractivity contribution < 1.29 is 0 Å². The molecule has 0 unspecified atom stereocenters. The lowest BCUT2D eigenvalue weighted by Crippen LogP contribution is -1.87. The van der Waals surface area contributed by atoms with E-state index >= 15 is 0 Å². The Morgan fingerprint density at radius 2 is 0.765 bits per heavy atom. The fourth-order valence-electron chi connectivity index (χ4n) is 4.91. The summed E-state index contributed by atoms with van der Waals surface area (Å²) < 4.78 is 0. The van der Waals surface area contributed by atoms with Crippen LogP contribution >= 0.6 is 0 Å². The van der Waals surface area contributed by atoms with Crippen LogP contribution in [0.5, 0.6) is 0 Å². The van der Waals surface area contributed by atoms with E-state index in [1.807, 2.05) is 12.4 Å². The van der Waals surface area contributed by atoms with Crippen molar-refractivity contribution in [2.45, 2.75) is 0 Å². The lowest BCUT2D eigenvalue weighted by atomic mass is 9.99. The lowest BCUT2D eigenvalue weighted by Gasteiger charge is -2.09. The SMILES string of the molecule is c1ccc2c(c1)ccc1cc(-c3ccc(-c4cnc5c(ccc6ccccc65)c4)cc3)cnc12. The summed E-state index contributed by atoms with van der Waals surface area (Å²) in [5.41, 5.74) is 6.66. The maximum atomic E-state index is 4.82. The van der Waals surface area contributed by atoms with Crippen molar-refractivity contribution in [3.63, 3.8) is 0 Å². The highest BCUT2D eigenvalue weighted by Gasteiger charge is 2.07. The molecule has 5 aromatic carbocycles. The maximum absolute atomic E-state index is 4.82. The number of fused-ring (bicyclic) bond motifs is 6. The van der Waals surface area contributed by atoms with Crippen molar-refractivity contribution in [1.29, 1.82) is 0 Å². The normalized spacial score (nSPS) is 11.5. The molecule has 2 nitrogen and oxygen atoms in total. The van der Waals surface area contributed by atoms with Gasteiger partial charge >= 0.3 is 0 Å². The zero-order chi connectivity index (χ0) is 22.5. The Kier molecular flexibility index (Phi) is 4.18. The Morgan fingerprint density at radius 3 is 1.24 bits per heavy atom. The van der Waals surface area contributed by atoms with Crippen LogP contribution in [0.4, 0.5) is 0 Å². The first-order valence-corrected chi connectivity index (χ1v) is 11.5. The van der Waals surface area contributed by atoms with E-state index < -0.39 is 0 Å². The molecular weight excluding hydrogens is 412 g/mol. The quantitative estimate of drug-likeness (QED) is 0.256. The summed E-state index contributed by atoms with van der Waals surface area (Å²) in [5, 5.41) is 7.14. The summed E-state index contributed by atoms with van der Waals surface area (Å²) in [7, 11) is 0. The Labute approximate surface area is 197 Å². The van der Waals surface area contributed by atoms with E-state index in [4.69, 9.17) is 9.97 Å². The van der Waals surface area contributed by atoms with Gasteiger partial charge in [0.2, 0.25) is 0 Å². The number of rotatable bonds is 2. The maximum Gasteiger partial charge on any atom is 0.0780 e. The fourth-order valence-corrected chi connectivity index (χ4v) is 4.91. The summed E-state index contributed by atoms with van der Waals surface area (Å²) in [6, 6.07) is 38.6. The second-order valence-electron chi connectivity index (χ2n) is 8.74. The van der Waals surface area contributed by atoms with Crippen LogP contribution in [0.2, 0.25) is 0 Å². The molecule has 0 radical (unpaired) electrons. The van der Waals surface area contributed by atoms with Gasteiger partial charge in [-0.2, -0.15) is 0 Å². The van der Waals surface area contributed by atoms with Crippen LogP contribution in [-0.2, 0) is 0 Å². The van der Waals surface area contributed by atoms with E-state index in [1.165, 1.54) is 21.5 Å². The summed E-state index contributed by atoms with van der Waals surface area (Å²) in [6.07, 6.45) is 3.96. The first-order chi connectivity index (χ1) is 16.8. The molecule has 0 fully saturated rings. The van der Waals surface area contributed by atoms with Crippen LogP contribution in [0.25, 0.3) is 65.6 Å². The molecule has 2 aromatic heterocycles. The largest absolute Gasteiger partial charge is 0.255 e. The summed E-state index contributed by atoms with van der Waals surface area (Å²) >= 11 is 0.